The number of benzene rings is 1. The van der Waals surface area contributed by atoms with Gasteiger partial charge in [-0.25, -0.2) is 4.98 Å². The van der Waals surface area contributed by atoms with Crippen LogP contribution in [0.1, 0.15) is 21.6 Å². The largest absolute Gasteiger partial charge is 0.369 e. The molecule has 21 heavy (non-hydrogen) atoms. The van der Waals surface area contributed by atoms with Crippen molar-refractivity contribution in [3.8, 4) is 0 Å². The van der Waals surface area contributed by atoms with Crippen LogP contribution in [0.3, 0.4) is 0 Å². The molecule has 3 N–H and O–H groups in total. The molecule has 0 spiro atoms. The van der Waals surface area contributed by atoms with Crippen molar-refractivity contribution < 1.29 is 9.59 Å². The second kappa shape index (κ2) is 6.73. The highest BCUT2D eigenvalue weighted by Gasteiger charge is 2.13. The number of anilines is 1. The molecule has 0 saturated carbocycles. The van der Waals surface area contributed by atoms with Crippen molar-refractivity contribution in [1.29, 1.82) is 0 Å². The van der Waals surface area contributed by atoms with E-state index in [4.69, 9.17) is 5.73 Å². The number of carbonyl (C=O) groups excluding carboxylic acids is 2. The van der Waals surface area contributed by atoms with Gasteiger partial charge < -0.3 is 5.73 Å². The molecular weight excluding hydrogens is 306 g/mol. The van der Waals surface area contributed by atoms with Crippen LogP contribution >= 0.6 is 23.1 Å². The van der Waals surface area contributed by atoms with Crippen molar-refractivity contribution in [2.75, 3.05) is 11.6 Å². The zero-order valence-corrected chi connectivity index (χ0v) is 13.3. The first-order valence-electron chi connectivity index (χ1n) is 6.18. The molecule has 0 aliphatic heterocycles. The summed E-state index contributed by atoms with van der Waals surface area (Å²) in [5.74, 6) is -0.648. The molecule has 2 aromatic rings. The number of hydrogen-bond acceptors (Lipinski definition) is 5. The van der Waals surface area contributed by atoms with Crippen LogP contribution in [0.4, 0.5) is 5.13 Å². The number of thiazole rings is 1. The third kappa shape index (κ3) is 4.05. The Hall–Kier alpha value is -1.86. The molecule has 110 valence electrons. The minimum Gasteiger partial charge on any atom is -0.369 e. The molecule has 0 bridgehead atoms. The lowest BCUT2D eigenvalue weighted by molar-refractivity contribution is -0.117. The number of aromatic nitrogens is 1. The van der Waals surface area contributed by atoms with Gasteiger partial charge >= 0.3 is 0 Å². The number of primary amides is 1. The lowest BCUT2D eigenvalue weighted by Crippen LogP contribution is -2.15. The van der Waals surface area contributed by atoms with Crippen molar-refractivity contribution >= 4 is 40.0 Å². The maximum atomic E-state index is 12.3. The third-order valence-corrected chi connectivity index (χ3v) is 4.35. The highest BCUT2D eigenvalue weighted by molar-refractivity contribution is 7.98. The van der Waals surface area contributed by atoms with E-state index in [1.54, 1.807) is 17.1 Å². The average Bonchev–Trinajstić information content (AvgIpc) is 2.85. The molecule has 0 fully saturated rings. The first-order chi connectivity index (χ1) is 9.99. The summed E-state index contributed by atoms with van der Waals surface area (Å²) in [4.78, 5) is 28.3. The maximum Gasteiger partial charge on any atom is 0.257 e. The first kappa shape index (κ1) is 15.5. The van der Waals surface area contributed by atoms with E-state index >= 15 is 0 Å². The van der Waals surface area contributed by atoms with Gasteiger partial charge in [0.05, 0.1) is 12.1 Å². The van der Waals surface area contributed by atoms with E-state index in [0.717, 1.165) is 10.5 Å². The lowest BCUT2D eigenvalue weighted by Gasteiger charge is -2.07. The summed E-state index contributed by atoms with van der Waals surface area (Å²) < 4.78 is 0. The number of nitrogens with zero attached hydrogens (tertiary/aromatic N) is 1. The van der Waals surface area contributed by atoms with Crippen LogP contribution in [0.5, 0.6) is 0 Å². The number of amides is 2. The Morgan fingerprint density at radius 3 is 2.86 bits per heavy atom. The number of carbonyl (C=O) groups is 2. The molecule has 0 atom stereocenters. The van der Waals surface area contributed by atoms with E-state index in [1.807, 2.05) is 31.4 Å². The standard InChI is InChI=1S/C14H15N3O2S2/c1-8-3-4-10(20-2)6-11(8)13(19)17-14-16-9(7-21-14)5-12(15)18/h3-4,6-7H,5H2,1-2H3,(H2,15,18)(H,16,17,19). The molecule has 2 amide bonds. The number of aryl methyl sites for hydroxylation is 1. The lowest BCUT2D eigenvalue weighted by atomic mass is 10.1. The van der Waals surface area contributed by atoms with Crippen LogP contribution in [0.15, 0.2) is 28.5 Å². The molecule has 0 unspecified atom stereocenters. The minimum atomic E-state index is -0.443. The molecule has 1 aromatic heterocycles. The summed E-state index contributed by atoms with van der Waals surface area (Å²) in [5.41, 5.74) is 7.20. The summed E-state index contributed by atoms with van der Waals surface area (Å²) >= 11 is 2.86. The van der Waals surface area contributed by atoms with Crippen molar-refractivity contribution in [2.45, 2.75) is 18.2 Å². The molecule has 2 rings (SSSR count). The minimum absolute atomic E-state index is 0.0767. The van der Waals surface area contributed by atoms with Crippen molar-refractivity contribution in [3.05, 3.63) is 40.4 Å². The number of nitrogens with one attached hydrogen (secondary N) is 1. The van der Waals surface area contributed by atoms with Gasteiger partial charge in [-0.1, -0.05) is 6.07 Å². The van der Waals surface area contributed by atoms with E-state index in [-0.39, 0.29) is 12.3 Å². The SMILES string of the molecule is CSc1ccc(C)c(C(=O)Nc2nc(CC(N)=O)cs2)c1. The Morgan fingerprint density at radius 2 is 2.19 bits per heavy atom. The van der Waals surface area contributed by atoms with Crippen LogP contribution in [0.25, 0.3) is 0 Å². The molecule has 0 saturated heterocycles. The predicted octanol–water partition coefficient (Wildman–Crippen LogP) is 2.45. The summed E-state index contributed by atoms with van der Waals surface area (Å²) in [5, 5.41) is 4.93. The van der Waals surface area contributed by atoms with Crippen LogP contribution < -0.4 is 11.1 Å². The molecule has 0 aliphatic rings. The van der Waals surface area contributed by atoms with E-state index < -0.39 is 5.91 Å². The molecule has 1 aromatic carbocycles. The highest BCUT2D eigenvalue weighted by atomic mass is 32.2. The second-order valence-electron chi connectivity index (χ2n) is 4.42. The Labute approximate surface area is 131 Å². The van der Waals surface area contributed by atoms with E-state index in [1.165, 1.54) is 11.3 Å². The number of nitrogens with two attached hydrogens (primary N) is 1. The van der Waals surface area contributed by atoms with Crippen LogP contribution in [-0.4, -0.2) is 23.1 Å². The van der Waals surface area contributed by atoms with Gasteiger partial charge in [-0.15, -0.1) is 23.1 Å². The van der Waals surface area contributed by atoms with Gasteiger partial charge in [0.1, 0.15) is 0 Å². The van der Waals surface area contributed by atoms with E-state index in [0.29, 0.717) is 16.4 Å². The molecule has 5 nitrogen and oxygen atoms in total. The Balaban J connectivity index is 2.14. The van der Waals surface area contributed by atoms with Gasteiger partial charge in [-0.3, -0.25) is 14.9 Å². The molecule has 1 heterocycles. The van der Waals surface area contributed by atoms with Gasteiger partial charge in [0.25, 0.3) is 5.91 Å². The monoisotopic (exact) mass is 321 g/mol. The zero-order valence-electron chi connectivity index (χ0n) is 11.7. The van der Waals surface area contributed by atoms with Crippen LogP contribution in [0, 0.1) is 6.92 Å². The van der Waals surface area contributed by atoms with Gasteiger partial charge in [0.2, 0.25) is 5.91 Å². The summed E-state index contributed by atoms with van der Waals surface area (Å²) in [6.45, 7) is 1.89. The van der Waals surface area contributed by atoms with Crippen molar-refractivity contribution in [1.82, 2.24) is 4.98 Å². The summed E-state index contributed by atoms with van der Waals surface area (Å²) in [6, 6.07) is 5.75. The van der Waals surface area contributed by atoms with Crippen LogP contribution in [0.2, 0.25) is 0 Å². The van der Waals surface area contributed by atoms with E-state index in [9.17, 15) is 9.59 Å². The Kier molecular flexibility index (Phi) is 4.98. The van der Waals surface area contributed by atoms with Crippen molar-refractivity contribution in [2.24, 2.45) is 5.73 Å². The fraction of sp³-hybridized carbons (Fsp3) is 0.214. The maximum absolute atomic E-state index is 12.3. The Bertz CT molecular complexity index is 683. The fourth-order valence-electron chi connectivity index (χ4n) is 1.76. The van der Waals surface area contributed by atoms with Crippen molar-refractivity contribution in [3.63, 3.8) is 0 Å². The molecular formula is C14H15N3O2S2. The Morgan fingerprint density at radius 1 is 1.43 bits per heavy atom. The van der Waals surface area contributed by atoms with Gasteiger partial charge in [0, 0.05) is 15.8 Å². The number of thioether (sulfide) groups is 1. The molecule has 0 aliphatic carbocycles. The predicted molar refractivity (Wildman–Crippen MR) is 85.9 cm³/mol. The normalized spacial score (nSPS) is 10.4. The topological polar surface area (TPSA) is 85.1 Å². The summed E-state index contributed by atoms with van der Waals surface area (Å²) in [7, 11) is 0. The van der Waals surface area contributed by atoms with Gasteiger partial charge in [-0.2, -0.15) is 0 Å². The van der Waals surface area contributed by atoms with Gasteiger partial charge in [0.15, 0.2) is 5.13 Å². The molecule has 7 heteroatoms. The summed E-state index contributed by atoms with van der Waals surface area (Å²) in [6.07, 6.45) is 2.04. The quantitative estimate of drug-likeness (QED) is 0.828. The smallest absolute Gasteiger partial charge is 0.257 e. The third-order valence-electron chi connectivity index (χ3n) is 2.82. The first-order valence-corrected chi connectivity index (χ1v) is 8.28. The number of hydrogen-bond donors (Lipinski definition) is 2. The highest BCUT2D eigenvalue weighted by Crippen LogP contribution is 2.21. The van der Waals surface area contributed by atoms with E-state index in [2.05, 4.69) is 10.3 Å². The number of rotatable bonds is 5. The second-order valence-corrected chi connectivity index (χ2v) is 6.16. The van der Waals surface area contributed by atoms with Crippen LogP contribution in [-0.2, 0) is 11.2 Å². The zero-order chi connectivity index (χ0) is 15.4. The molecule has 0 radical (unpaired) electrons. The van der Waals surface area contributed by atoms with Gasteiger partial charge in [-0.05, 0) is 30.9 Å². The average molecular weight is 321 g/mol. The fourth-order valence-corrected chi connectivity index (χ4v) is 2.91.